The van der Waals surface area contributed by atoms with Crippen molar-refractivity contribution in [3.05, 3.63) is 60.2 Å². The van der Waals surface area contributed by atoms with Gasteiger partial charge in [-0.2, -0.15) is 0 Å². The Morgan fingerprint density at radius 2 is 1.69 bits per heavy atom. The largest absolute Gasteiger partial charge is 0.508 e. The molecule has 29 heavy (non-hydrogen) atoms. The molecule has 5 rings (SSSR count). The fraction of sp³-hybridized carbons (Fsp3) is 0.417. The third-order valence-corrected chi connectivity index (χ3v) is 6.17. The number of phenolic OH excluding ortho intramolecular Hbond substituents is 1. The lowest BCUT2D eigenvalue weighted by Gasteiger charge is -2.45. The average molecular weight is 393 g/mol. The van der Waals surface area contributed by atoms with Crippen LogP contribution in [0.2, 0.25) is 0 Å². The number of rotatable bonds is 6. The van der Waals surface area contributed by atoms with Crippen LogP contribution in [0.5, 0.6) is 11.5 Å². The van der Waals surface area contributed by atoms with E-state index in [-0.39, 0.29) is 18.1 Å². The molecule has 2 aromatic carbocycles. The molecule has 1 saturated carbocycles. The highest BCUT2D eigenvalue weighted by Gasteiger charge is 2.37. The number of esters is 1. The molecule has 2 aromatic rings. The second kappa shape index (κ2) is 8.68. The first-order valence-corrected chi connectivity index (χ1v) is 10.4. The Morgan fingerprint density at radius 3 is 2.31 bits per heavy atom. The first-order valence-electron chi connectivity index (χ1n) is 10.4. The van der Waals surface area contributed by atoms with Gasteiger partial charge in [0.1, 0.15) is 11.5 Å². The SMILES string of the molecule is O=C(Oc1ccc(O)cc1)[C@H](CC(=O)N1CC2CCC1CC2)Cc1ccccc1. The molecule has 2 saturated heterocycles. The maximum Gasteiger partial charge on any atom is 0.315 e. The second-order valence-corrected chi connectivity index (χ2v) is 8.23. The molecular formula is C24H27NO4. The van der Waals surface area contributed by atoms with Gasteiger partial charge in [0.05, 0.1) is 5.92 Å². The van der Waals surface area contributed by atoms with Gasteiger partial charge in [0.15, 0.2) is 0 Å². The predicted molar refractivity (Wildman–Crippen MR) is 109 cm³/mol. The quantitative estimate of drug-likeness (QED) is 0.596. The van der Waals surface area contributed by atoms with Crippen molar-refractivity contribution in [3.8, 4) is 11.5 Å². The number of nitrogens with zero attached hydrogens (tertiary/aromatic N) is 1. The number of carbonyl (C=O) groups excluding carboxylic acids is 2. The minimum atomic E-state index is -0.542. The molecular weight excluding hydrogens is 366 g/mol. The van der Waals surface area contributed by atoms with Crippen molar-refractivity contribution in [2.45, 2.75) is 44.6 Å². The van der Waals surface area contributed by atoms with Gasteiger partial charge in [-0.05, 0) is 67.9 Å². The van der Waals surface area contributed by atoms with Crippen molar-refractivity contribution in [3.63, 3.8) is 0 Å². The lowest BCUT2D eigenvalue weighted by atomic mass is 9.79. The summed E-state index contributed by atoms with van der Waals surface area (Å²) in [5, 5.41) is 9.42. The van der Waals surface area contributed by atoms with Gasteiger partial charge in [0.25, 0.3) is 0 Å². The highest BCUT2D eigenvalue weighted by molar-refractivity contribution is 5.84. The van der Waals surface area contributed by atoms with Gasteiger partial charge >= 0.3 is 5.97 Å². The first-order chi connectivity index (χ1) is 14.1. The monoisotopic (exact) mass is 393 g/mol. The van der Waals surface area contributed by atoms with Crippen LogP contribution in [0, 0.1) is 11.8 Å². The molecule has 0 aromatic heterocycles. The van der Waals surface area contributed by atoms with Crippen LogP contribution in [0.15, 0.2) is 54.6 Å². The highest BCUT2D eigenvalue weighted by atomic mass is 16.5. The van der Waals surface area contributed by atoms with E-state index in [1.54, 1.807) is 12.1 Å². The van der Waals surface area contributed by atoms with Crippen LogP contribution >= 0.6 is 0 Å². The summed E-state index contributed by atoms with van der Waals surface area (Å²) >= 11 is 0. The molecule has 0 spiro atoms. The van der Waals surface area contributed by atoms with Crippen LogP contribution in [-0.4, -0.2) is 34.5 Å². The maximum atomic E-state index is 13.1. The van der Waals surface area contributed by atoms with Crippen LogP contribution in [0.25, 0.3) is 0 Å². The minimum Gasteiger partial charge on any atom is -0.508 e. The van der Waals surface area contributed by atoms with Crippen LogP contribution in [0.1, 0.15) is 37.7 Å². The molecule has 5 nitrogen and oxygen atoms in total. The van der Waals surface area contributed by atoms with Gasteiger partial charge in [-0.1, -0.05) is 30.3 Å². The molecule has 5 heteroatoms. The van der Waals surface area contributed by atoms with Crippen molar-refractivity contribution in [1.82, 2.24) is 4.90 Å². The molecule has 3 aliphatic rings. The molecule has 1 aliphatic carbocycles. The lowest BCUT2D eigenvalue weighted by Crippen LogP contribution is -2.51. The Balaban J connectivity index is 1.47. The van der Waals surface area contributed by atoms with Crippen LogP contribution in [-0.2, 0) is 16.0 Å². The average Bonchev–Trinajstić information content (AvgIpc) is 2.76. The molecule has 152 valence electrons. The highest BCUT2D eigenvalue weighted by Crippen LogP contribution is 2.35. The zero-order chi connectivity index (χ0) is 20.2. The van der Waals surface area contributed by atoms with E-state index in [1.165, 1.54) is 25.0 Å². The number of fused-ring (bicyclic) bond motifs is 3. The van der Waals surface area contributed by atoms with Gasteiger partial charge in [0, 0.05) is 19.0 Å². The molecule has 1 amide bonds. The van der Waals surface area contributed by atoms with Crippen LogP contribution in [0.3, 0.4) is 0 Å². The topological polar surface area (TPSA) is 66.8 Å². The summed E-state index contributed by atoms with van der Waals surface area (Å²) in [6.07, 6.45) is 5.21. The summed E-state index contributed by atoms with van der Waals surface area (Å²) < 4.78 is 5.53. The fourth-order valence-electron chi connectivity index (χ4n) is 4.55. The molecule has 0 unspecified atom stereocenters. The zero-order valence-corrected chi connectivity index (χ0v) is 16.5. The number of phenols is 1. The molecule has 1 N–H and O–H groups in total. The number of aromatic hydroxyl groups is 1. The summed E-state index contributed by atoms with van der Waals surface area (Å²) in [5.41, 5.74) is 1.01. The fourth-order valence-corrected chi connectivity index (χ4v) is 4.55. The number of hydrogen-bond donors (Lipinski definition) is 1. The number of benzene rings is 2. The van der Waals surface area contributed by atoms with E-state index in [4.69, 9.17) is 4.74 Å². The molecule has 1 atom stereocenters. The van der Waals surface area contributed by atoms with E-state index in [0.29, 0.717) is 24.1 Å². The summed E-state index contributed by atoms with van der Waals surface area (Å²) in [5.74, 6) is 0.203. The molecule has 0 radical (unpaired) electrons. The smallest absolute Gasteiger partial charge is 0.315 e. The number of carbonyl (C=O) groups is 2. The van der Waals surface area contributed by atoms with E-state index in [2.05, 4.69) is 0 Å². The summed E-state index contributed by atoms with van der Waals surface area (Å²) in [6, 6.07) is 16.1. The molecule has 3 fully saturated rings. The molecule has 2 bridgehead atoms. The van der Waals surface area contributed by atoms with Crippen LogP contribution in [0.4, 0.5) is 0 Å². The van der Waals surface area contributed by atoms with E-state index < -0.39 is 11.9 Å². The third-order valence-electron chi connectivity index (χ3n) is 6.17. The Morgan fingerprint density at radius 1 is 1.00 bits per heavy atom. The van der Waals surface area contributed by atoms with Crippen molar-refractivity contribution in [1.29, 1.82) is 0 Å². The summed E-state index contributed by atoms with van der Waals surface area (Å²) in [4.78, 5) is 28.0. The third kappa shape index (κ3) is 4.78. The van der Waals surface area contributed by atoms with Crippen molar-refractivity contribution in [2.75, 3.05) is 6.54 Å². The zero-order valence-electron chi connectivity index (χ0n) is 16.5. The van der Waals surface area contributed by atoms with Gasteiger partial charge in [-0.3, -0.25) is 9.59 Å². The van der Waals surface area contributed by atoms with Crippen molar-refractivity contribution < 1.29 is 19.4 Å². The number of hydrogen-bond acceptors (Lipinski definition) is 4. The summed E-state index contributed by atoms with van der Waals surface area (Å²) in [7, 11) is 0. The predicted octanol–water partition coefficient (Wildman–Crippen LogP) is 3.95. The van der Waals surface area contributed by atoms with Gasteiger partial charge < -0.3 is 14.7 Å². The van der Waals surface area contributed by atoms with Gasteiger partial charge in [0.2, 0.25) is 5.91 Å². The Kier molecular flexibility index (Phi) is 5.84. The lowest BCUT2D eigenvalue weighted by molar-refractivity contribution is -0.147. The Hall–Kier alpha value is -2.82. The van der Waals surface area contributed by atoms with Crippen LogP contribution < -0.4 is 4.74 Å². The normalized spacial score (nSPS) is 21.6. The van der Waals surface area contributed by atoms with E-state index in [0.717, 1.165) is 24.9 Å². The second-order valence-electron chi connectivity index (χ2n) is 8.23. The van der Waals surface area contributed by atoms with Crippen molar-refractivity contribution in [2.24, 2.45) is 11.8 Å². The molecule has 2 aliphatic heterocycles. The van der Waals surface area contributed by atoms with Gasteiger partial charge in [-0.15, -0.1) is 0 Å². The number of ether oxygens (including phenoxy) is 1. The maximum absolute atomic E-state index is 13.1. The Labute approximate surface area is 171 Å². The molecule has 2 heterocycles. The standard InChI is InChI=1S/C24H27NO4/c26-21-10-12-22(13-11-21)29-24(28)19(14-17-4-2-1-3-5-17)15-23(27)25-16-18-6-8-20(25)9-7-18/h1-5,10-13,18-20,26H,6-9,14-16H2/t18?,19-,20?/m0/s1. The van der Waals surface area contributed by atoms with E-state index in [9.17, 15) is 14.7 Å². The first kappa shape index (κ1) is 19.5. The summed E-state index contributed by atoms with van der Waals surface area (Å²) in [6.45, 7) is 0.828. The van der Waals surface area contributed by atoms with E-state index in [1.807, 2.05) is 35.2 Å². The van der Waals surface area contributed by atoms with Gasteiger partial charge in [-0.25, -0.2) is 0 Å². The number of amides is 1. The number of piperidine rings is 2. The van der Waals surface area contributed by atoms with E-state index >= 15 is 0 Å². The Bertz CT molecular complexity index is 841. The minimum absolute atomic E-state index is 0.0583. The van der Waals surface area contributed by atoms with Crippen molar-refractivity contribution >= 4 is 11.9 Å².